The number of amides is 2. The number of nitrogens with one attached hydrogen (secondary N) is 2. The van der Waals surface area contributed by atoms with Crippen LogP contribution < -0.4 is 10.6 Å². The Labute approximate surface area is 141 Å². The van der Waals surface area contributed by atoms with Crippen LogP contribution in [0, 0.1) is 10.1 Å². The Hall–Kier alpha value is -3.62. The number of hydrogen-bond acceptors (Lipinski definition) is 6. The van der Waals surface area contributed by atoms with Gasteiger partial charge in [-0.05, 0) is 26.0 Å². The molecular formula is C16H13N5O4. The molecule has 25 heavy (non-hydrogen) atoms. The van der Waals surface area contributed by atoms with Gasteiger partial charge in [-0.15, -0.1) is 0 Å². The summed E-state index contributed by atoms with van der Waals surface area (Å²) in [5.74, 6) is -0.889. The molecule has 0 radical (unpaired) electrons. The standard InChI is InChI=1S/C16H13N5O4/c1-8(2)14-10-5-12(20-15(22)9-3-4-17-18-7-9)13(21(24)25)6-11(10)19-16(14)23/h3-7H,1-2H3,(H,19,23)(H,20,22). The highest BCUT2D eigenvalue weighted by atomic mass is 16.6. The maximum absolute atomic E-state index is 12.3. The number of aromatic nitrogens is 2. The summed E-state index contributed by atoms with van der Waals surface area (Å²) < 4.78 is 0. The van der Waals surface area contributed by atoms with E-state index >= 15 is 0 Å². The van der Waals surface area contributed by atoms with Crippen molar-refractivity contribution in [3.63, 3.8) is 0 Å². The lowest BCUT2D eigenvalue weighted by Gasteiger charge is -2.08. The predicted molar refractivity (Wildman–Crippen MR) is 90.0 cm³/mol. The number of allylic oxidation sites excluding steroid dienone is 1. The van der Waals surface area contributed by atoms with Gasteiger partial charge in [-0.2, -0.15) is 10.2 Å². The molecule has 1 aliphatic rings. The minimum atomic E-state index is -0.618. The van der Waals surface area contributed by atoms with Crippen LogP contribution in [0.4, 0.5) is 17.1 Å². The van der Waals surface area contributed by atoms with Crippen molar-refractivity contribution in [3.05, 3.63) is 57.4 Å². The highest BCUT2D eigenvalue weighted by Crippen LogP contribution is 2.40. The van der Waals surface area contributed by atoms with Gasteiger partial charge in [-0.3, -0.25) is 19.7 Å². The van der Waals surface area contributed by atoms with E-state index in [-0.39, 0.29) is 22.8 Å². The van der Waals surface area contributed by atoms with Gasteiger partial charge in [0.15, 0.2) is 0 Å². The summed E-state index contributed by atoms with van der Waals surface area (Å²) in [6.07, 6.45) is 2.59. The summed E-state index contributed by atoms with van der Waals surface area (Å²) in [6, 6.07) is 4.11. The number of fused-ring (bicyclic) bond motifs is 1. The summed E-state index contributed by atoms with van der Waals surface area (Å²) >= 11 is 0. The van der Waals surface area contributed by atoms with Crippen LogP contribution in [0.3, 0.4) is 0 Å². The molecule has 3 rings (SSSR count). The molecule has 0 aliphatic carbocycles. The van der Waals surface area contributed by atoms with E-state index in [0.29, 0.717) is 16.8 Å². The van der Waals surface area contributed by atoms with E-state index in [9.17, 15) is 19.7 Å². The molecular weight excluding hydrogens is 326 g/mol. The molecule has 2 amide bonds. The Morgan fingerprint density at radius 1 is 1.28 bits per heavy atom. The third-order valence-corrected chi connectivity index (χ3v) is 3.67. The molecule has 0 spiro atoms. The number of hydrogen-bond donors (Lipinski definition) is 2. The first-order valence-corrected chi connectivity index (χ1v) is 7.28. The van der Waals surface area contributed by atoms with Crippen LogP contribution in [0.1, 0.15) is 29.8 Å². The van der Waals surface area contributed by atoms with Crippen molar-refractivity contribution < 1.29 is 14.5 Å². The minimum absolute atomic E-state index is 0.000752. The predicted octanol–water partition coefficient (Wildman–Crippen LogP) is 2.38. The molecule has 9 nitrogen and oxygen atoms in total. The first-order valence-electron chi connectivity index (χ1n) is 7.28. The molecule has 0 atom stereocenters. The summed E-state index contributed by atoms with van der Waals surface area (Å²) in [6.45, 7) is 3.54. The molecule has 0 saturated carbocycles. The van der Waals surface area contributed by atoms with Crippen LogP contribution in [0.15, 0.2) is 36.2 Å². The Morgan fingerprint density at radius 2 is 2.04 bits per heavy atom. The molecule has 1 aliphatic heterocycles. The van der Waals surface area contributed by atoms with Crippen molar-refractivity contribution in [2.45, 2.75) is 13.8 Å². The average Bonchev–Trinajstić information content (AvgIpc) is 2.89. The highest BCUT2D eigenvalue weighted by molar-refractivity contribution is 6.32. The van der Waals surface area contributed by atoms with E-state index in [1.807, 2.05) is 0 Å². The topological polar surface area (TPSA) is 127 Å². The maximum atomic E-state index is 12.3. The zero-order valence-corrected chi connectivity index (χ0v) is 13.4. The van der Waals surface area contributed by atoms with E-state index in [0.717, 1.165) is 5.57 Å². The Morgan fingerprint density at radius 3 is 2.64 bits per heavy atom. The second kappa shape index (κ2) is 6.11. The Balaban J connectivity index is 2.08. The fourth-order valence-electron chi connectivity index (χ4n) is 2.57. The smallest absolute Gasteiger partial charge is 0.294 e. The van der Waals surface area contributed by atoms with Gasteiger partial charge in [-0.1, -0.05) is 5.57 Å². The van der Waals surface area contributed by atoms with Crippen molar-refractivity contribution in [1.29, 1.82) is 0 Å². The third kappa shape index (κ3) is 2.94. The number of anilines is 2. The quantitative estimate of drug-likeness (QED) is 0.502. The van der Waals surface area contributed by atoms with Crippen molar-refractivity contribution >= 4 is 34.4 Å². The first kappa shape index (κ1) is 16.2. The number of nitro benzene ring substituents is 1. The molecule has 9 heteroatoms. The van der Waals surface area contributed by atoms with Gasteiger partial charge < -0.3 is 10.6 Å². The lowest BCUT2D eigenvalue weighted by molar-refractivity contribution is -0.383. The largest absolute Gasteiger partial charge is 0.321 e. The second-order valence-corrected chi connectivity index (χ2v) is 5.59. The molecule has 0 unspecified atom stereocenters. The molecule has 0 saturated heterocycles. The van der Waals surface area contributed by atoms with E-state index < -0.39 is 10.8 Å². The third-order valence-electron chi connectivity index (χ3n) is 3.67. The Kier molecular flexibility index (Phi) is 3.97. The van der Waals surface area contributed by atoms with E-state index in [1.165, 1.54) is 30.6 Å². The van der Waals surface area contributed by atoms with Crippen LogP contribution in [0.5, 0.6) is 0 Å². The normalized spacial score (nSPS) is 12.4. The number of carbonyl (C=O) groups excluding carboxylic acids is 2. The van der Waals surface area contributed by atoms with Gasteiger partial charge in [0.25, 0.3) is 17.5 Å². The zero-order valence-electron chi connectivity index (χ0n) is 13.4. The Bertz CT molecular complexity index is 933. The van der Waals surface area contributed by atoms with Gasteiger partial charge >= 0.3 is 0 Å². The molecule has 1 aromatic heterocycles. The molecule has 2 aromatic rings. The molecule has 2 N–H and O–H groups in total. The fraction of sp³-hybridized carbons (Fsp3) is 0.125. The van der Waals surface area contributed by atoms with Gasteiger partial charge in [0.05, 0.1) is 28.6 Å². The summed E-state index contributed by atoms with van der Waals surface area (Å²) in [5.41, 5.74) is 1.95. The molecule has 126 valence electrons. The van der Waals surface area contributed by atoms with Gasteiger partial charge in [0.2, 0.25) is 0 Å². The molecule has 2 heterocycles. The van der Waals surface area contributed by atoms with E-state index in [1.54, 1.807) is 13.8 Å². The zero-order chi connectivity index (χ0) is 18.1. The van der Waals surface area contributed by atoms with Crippen molar-refractivity contribution in [1.82, 2.24) is 10.2 Å². The first-order chi connectivity index (χ1) is 11.9. The van der Waals surface area contributed by atoms with Gasteiger partial charge in [-0.25, -0.2) is 0 Å². The lowest BCUT2D eigenvalue weighted by atomic mass is 10.0. The van der Waals surface area contributed by atoms with Crippen LogP contribution in [-0.2, 0) is 4.79 Å². The van der Waals surface area contributed by atoms with Gasteiger partial charge in [0.1, 0.15) is 5.69 Å². The maximum Gasteiger partial charge on any atom is 0.294 e. The van der Waals surface area contributed by atoms with Crippen molar-refractivity contribution in [2.24, 2.45) is 0 Å². The summed E-state index contributed by atoms with van der Waals surface area (Å²) in [5, 5.41) is 23.6. The fourth-order valence-corrected chi connectivity index (χ4v) is 2.57. The highest BCUT2D eigenvalue weighted by Gasteiger charge is 2.30. The van der Waals surface area contributed by atoms with E-state index in [2.05, 4.69) is 20.8 Å². The molecule has 1 aromatic carbocycles. The van der Waals surface area contributed by atoms with Crippen LogP contribution in [0.25, 0.3) is 5.57 Å². The van der Waals surface area contributed by atoms with Crippen LogP contribution in [0.2, 0.25) is 0 Å². The summed E-state index contributed by atoms with van der Waals surface area (Å²) in [7, 11) is 0. The van der Waals surface area contributed by atoms with Crippen molar-refractivity contribution in [3.8, 4) is 0 Å². The van der Waals surface area contributed by atoms with Gasteiger partial charge in [0, 0.05) is 17.2 Å². The van der Waals surface area contributed by atoms with Crippen LogP contribution in [-0.4, -0.2) is 26.9 Å². The number of carbonyl (C=O) groups is 2. The van der Waals surface area contributed by atoms with Crippen LogP contribution >= 0.6 is 0 Å². The monoisotopic (exact) mass is 339 g/mol. The van der Waals surface area contributed by atoms with E-state index in [4.69, 9.17) is 0 Å². The lowest BCUT2D eigenvalue weighted by Crippen LogP contribution is -2.13. The minimum Gasteiger partial charge on any atom is -0.321 e. The molecule has 0 fully saturated rings. The number of nitro groups is 1. The molecule has 0 bridgehead atoms. The SMILES string of the molecule is CC(C)=C1C(=O)Nc2cc([N+](=O)[O-])c(NC(=O)c3ccnnc3)cc21. The average molecular weight is 339 g/mol. The second-order valence-electron chi connectivity index (χ2n) is 5.59. The number of nitrogens with zero attached hydrogens (tertiary/aromatic N) is 3. The summed E-state index contributed by atoms with van der Waals surface area (Å²) in [4.78, 5) is 35.1. The van der Waals surface area contributed by atoms with Crippen molar-refractivity contribution in [2.75, 3.05) is 10.6 Å². The number of rotatable bonds is 3. The number of benzene rings is 1.